The second-order valence-electron chi connectivity index (χ2n) is 11.2. The van der Waals surface area contributed by atoms with Crippen molar-refractivity contribution in [2.24, 2.45) is 0 Å². The van der Waals surface area contributed by atoms with Crippen LogP contribution in [-0.4, -0.2) is 66.5 Å². The van der Waals surface area contributed by atoms with Crippen LogP contribution in [0.25, 0.3) is 5.76 Å². The minimum Gasteiger partial charge on any atom is -0.507 e. The number of carbonyl (C=O) groups is 2. The summed E-state index contributed by atoms with van der Waals surface area (Å²) in [5.41, 5.74) is 3.36. The number of ketones is 1. The lowest BCUT2D eigenvalue weighted by atomic mass is 9.95. The number of benzene rings is 3. The first-order chi connectivity index (χ1) is 21.8. The second kappa shape index (κ2) is 16.1. The molecular weight excluding hydrogens is 568 g/mol. The number of hydrogen-bond donors (Lipinski definition) is 1. The van der Waals surface area contributed by atoms with Gasteiger partial charge in [0.1, 0.15) is 18.1 Å². The highest BCUT2D eigenvalue weighted by Gasteiger charge is 2.46. The summed E-state index contributed by atoms with van der Waals surface area (Å²) in [5, 5.41) is 11.6. The van der Waals surface area contributed by atoms with E-state index in [1.807, 2.05) is 43.3 Å². The summed E-state index contributed by atoms with van der Waals surface area (Å²) in [4.78, 5) is 30.8. The smallest absolute Gasteiger partial charge is 0.295 e. The zero-order valence-electron chi connectivity index (χ0n) is 27.2. The Labute approximate surface area is 267 Å². The van der Waals surface area contributed by atoms with Crippen LogP contribution in [0.15, 0.2) is 72.3 Å². The minimum absolute atomic E-state index is 0.0480. The molecule has 1 atom stereocenters. The number of methoxy groups -OCH3 is 1. The minimum atomic E-state index is -0.791. The molecule has 45 heavy (non-hydrogen) atoms. The number of likely N-dealkylation sites (tertiary alicyclic amines) is 1. The zero-order chi connectivity index (χ0) is 32.3. The molecule has 0 aromatic heterocycles. The van der Waals surface area contributed by atoms with Crippen LogP contribution in [0.4, 0.5) is 0 Å². The fourth-order valence-corrected chi connectivity index (χ4v) is 5.55. The van der Waals surface area contributed by atoms with Gasteiger partial charge in [0.05, 0.1) is 25.3 Å². The van der Waals surface area contributed by atoms with Gasteiger partial charge in [-0.15, -0.1) is 0 Å². The van der Waals surface area contributed by atoms with E-state index in [1.54, 1.807) is 42.3 Å². The molecule has 8 heteroatoms. The molecule has 8 nitrogen and oxygen atoms in total. The van der Waals surface area contributed by atoms with E-state index < -0.39 is 17.7 Å². The van der Waals surface area contributed by atoms with Crippen LogP contribution in [0.1, 0.15) is 68.3 Å². The summed E-state index contributed by atoms with van der Waals surface area (Å²) in [7, 11) is 1.57. The number of amides is 1. The van der Waals surface area contributed by atoms with Crippen LogP contribution in [0.2, 0.25) is 0 Å². The summed E-state index contributed by atoms with van der Waals surface area (Å²) in [6.45, 7) is 11.9. The topological polar surface area (TPSA) is 88.5 Å². The number of aliphatic hydroxyl groups excluding tert-OH is 1. The number of rotatable bonds is 16. The number of Topliss-reactive ketones (excluding diaryl/α,β-unsaturated/α-hetero) is 1. The van der Waals surface area contributed by atoms with Gasteiger partial charge in [0, 0.05) is 18.7 Å². The van der Waals surface area contributed by atoms with Crippen molar-refractivity contribution in [1.29, 1.82) is 0 Å². The highest BCUT2D eigenvalue weighted by atomic mass is 16.5. The Morgan fingerprint density at radius 1 is 0.911 bits per heavy atom. The van der Waals surface area contributed by atoms with Gasteiger partial charge in [-0.2, -0.15) is 0 Å². The molecule has 1 amide bonds. The SMILES string of the molecule is CCCCCOc1ccc(C2/C(=C(\O)c3ccc(OCc4ccccc4C)cc3)C(=O)C(=O)N2CCN(CC)CC)cc1OC. The number of unbranched alkanes of at least 4 members (excludes halogenated alkanes) is 2. The van der Waals surface area contributed by atoms with Crippen molar-refractivity contribution in [1.82, 2.24) is 9.80 Å². The Morgan fingerprint density at radius 3 is 2.31 bits per heavy atom. The van der Waals surface area contributed by atoms with Crippen LogP contribution in [0.5, 0.6) is 17.2 Å². The van der Waals surface area contributed by atoms with Gasteiger partial charge < -0.3 is 29.1 Å². The molecule has 1 aliphatic rings. The van der Waals surface area contributed by atoms with Gasteiger partial charge in [-0.1, -0.05) is 63.9 Å². The third-order valence-electron chi connectivity index (χ3n) is 8.38. The van der Waals surface area contributed by atoms with Gasteiger partial charge in [-0.3, -0.25) is 9.59 Å². The molecule has 1 aliphatic heterocycles. The average molecular weight is 615 g/mol. The second-order valence-corrected chi connectivity index (χ2v) is 11.2. The molecule has 1 fully saturated rings. The maximum Gasteiger partial charge on any atom is 0.295 e. The molecule has 4 rings (SSSR count). The molecular formula is C37H46N2O6. The molecule has 0 spiro atoms. The Hall–Kier alpha value is -4.30. The van der Waals surface area contributed by atoms with Gasteiger partial charge in [0.15, 0.2) is 11.5 Å². The van der Waals surface area contributed by atoms with Crippen molar-refractivity contribution in [2.75, 3.05) is 39.9 Å². The largest absolute Gasteiger partial charge is 0.507 e. The molecule has 1 saturated heterocycles. The molecule has 0 radical (unpaired) electrons. The molecule has 0 saturated carbocycles. The normalized spacial score (nSPS) is 16.0. The maximum atomic E-state index is 13.6. The zero-order valence-corrected chi connectivity index (χ0v) is 27.2. The molecule has 1 heterocycles. The number of ether oxygens (including phenoxy) is 3. The number of carbonyl (C=O) groups excluding carboxylic acids is 2. The lowest BCUT2D eigenvalue weighted by molar-refractivity contribution is -0.140. The van der Waals surface area contributed by atoms with Crippen LogP contribution in [0.3, 0.4) is 0 Å². The number of aliphatic hydroxyl groups is 1. The van der Waals surface area contributed by atoms with Crippen LogP contribution < -0.4 is 14.2 Å². The third kappa shape index (κ3) is 8.05. The van der Waals surface area contributed by atoms with Crippen molar-refractivity contribution in [3.8, 4) is 17.2 Å². The fourth-order valence-electron chi connectivity index (χ4n) is 5.55. The molecule has 0 bridgehead atoms. The molecule has 3 aromatic carbocycles. The maximum absolute atomic E-state index is 13.6. The van der Waals surface area contributed by atoms with E-state index in [1.165, 1.54) is 0 Å². The fraction of sp³-hybridized carbons (Fsp3) is 0.405. The molecule has 1 N–H and O–H groups in total. The van der Waals surface area contributed by atoms with Crippen molar-refractivity contribution in [2.45, 2.75) is 59.6 Å². The Kier molecular flexibility index (Phi) is 12.0. The Balaban J connectivity index is 1.67. The predicted molar refractivity (Wildman–Crippen MR) is 177 cm³/mol. The first kappa shape index (κ1) is 33.6. The van der Waals surface area contributed by atoms with E-state index in [4.69, 9.17) is 14.2 Å². The Bertz CT molecular complexity index is 1480. The van der Waals surface area contributed by atoms with Gasteiger partial charge in [-0.25, -0.2) is 0 Å². The highest BCUT2D eigenvalue weighted by molar-refractivity contribution is 6.46. The molecule has 1 unspecified atom stereocenters. The average Bonchev–Trinajstić information content (AvgIpc) is 3.32. The number of hydrogen-bond acceptors (Lipinski definition) is 7. The van der Waals surface area contributed by atoms with Crippen LogP contribution >= 0.6 is 0 Å². The standard InChI is InChI=1S/C37H46N2O6/c1-6-9-12-23-44-31-20-17-28(24-32(31)43-5)34-33(36(41)37(42)39(34)22-21-38(7-2)8-3)35(40)27-15-18-30(19-16-27)45-25-29-14-11-10-13-26(29)4/h10-11,13-20,24,34,40H,6-9,12,21-23,25H2,1-5H3/b35-33+. The van der Waals surface area contributed by atoms with Crippen LogP contribution in [-0.2, 0) is 16.2 Å². The predicted octanol–water partition coefficient (Wildman–Crippen LogP) is 6.92. The van der Waals surface area contributed by atoms with Gasteiger partial charge in [0.2, 0.25) is 0 Å². The number of nitrogens with zero attached hydrogens (tertiary/aromatic N) is 2. The van der Waals surface area contributed by atoms with Gasteiger partial charge in [-0.05, 0) is 79.5 Å². The van der Waals surface area contributed by atoms with Gasteiger partial charge >= 0.3 is 0 Å². The summed E-state index contributed by atoms with van der Waals surface area (Å²) in [6, 6.07) is 19.6. The van der Waals surface area contributed by atoms with E-state index in [2.05, 4.69) is 25.7 Å². The number of likely N-dealkylation sites (N-methyl/N-ethyl adjacent to an activating group) is 1. The molecule has 0 aliphatic carbocycles. The third-order valence-corrected chi connectivity index (χ3v) is 8.38. The first-order valence-corrected chi connectivity index (χ1v) is 15.9. The number of aryl methyl sites for hydroxylation is 1. The van der Waals surface area contributed by atoms with E-state index in [0.717, 1.165) is 43.5 Å². The summed E-state index contributed by atoms with van der Waals surface area (Å²) in [6.07, 6.45) is 3.10. The lowest BCUT2D eigenvalue weighted by Gasteiger charge is -2.28. The van der Waals surface area contributed by atoms with Crippen molar-refractivity contribution >= 4 is 17.4 Å². The quantitative estimate of drug-likeness (QED) is 0.0811. The molecule has 240 valence electrons. The summed E-state index contributed by atoms with van der Waals surface area (Å²) < 4.78 is 17.6. The van der Waals surface area contributed by atoms with E-state index in [9.17, 15) is 14.7 Å². The van der Waals surface area contributed by atoms with Gasteiger partial charge in [0.25, 0.3) is 11.7 Å². The Morgan fingerprint density at radius 2 is 1.64 bits per heavy atom. The van der Waals surface area contributed by atoms with E-state index >= 15 is 0 Å². The highest BCUT2D eigenvalue weighted by Crippen LogP contribution is 2.42. The van der Waals surface area contributed by atoms with Crippen LogP contribution in [0, 0.1) is 6.92 Å². The van der Waals surface area contributed by atoms with Crippen molar-refractivity contribution in [3.05, 3.63) is 94.6 Å². The van der Waals surface area contributed by atoms with E-state index in [0.29, 0.717) is 54.7 Å². The van der Waals surface area contributed by atoms with Crippen molar-refractivity contribution < 1.29 is 28.9 Å². The monoisotopic (exact) mass is 614 g/mol. The first-order valence-electron chi connectivity index (χ1n) is 15.9. The summed E-state index contributed by atoms with van der Waals surface area (Å²) >= 11 is 0. The van der Waals surface area contributed by atoms with Crippen molar-refractivity contribution in [3.63, 3.8) is 0 Å². The lowest BCUT2D eigenvalue weighted by Crippen LogP contribution is -2.38. The molecule has 3 aromatic rings. The van der Waals surface area contributed by atoms with E-state index in [-0.39, 0.29) is 11.3 Å². The summed E-state index contributed by atoms with van der Waals surface area (Å²) in [5.74, 6) is 0.159.